The van der Waals surface area contributed by atoms with Gasteiger partial charge in [0.15, 0.2) is 11.4 Å². The molecule has 9 heteroatoms. The van der Waals surface area contributed by atoms with Crippen molar-refractivity contribution in [1.29, 1.82) is 0 Å². The zero-order valence-electron chi connectivity index (χ0n) is 22.6. The fourth-order valence-electron chi connectivity index (χ4n) is 4.99. The van der Waals surface area contributed by atoms with Crippen LogP contribution in [0.15, 0.2) is 105 Å². The molecule has 1 amide bonds. The molecule has 2 aromatic heterocycles. The number of aromatic nitrogens is 3. The lowest BCUT2D eigenvalue weighted by atomic mass is 10.1. The van der Waals surface area contributed by atoms with Gasteiger partial charge in [-0.25, -0.2) is 14.4 Å². The number of para-hydroxylation sites is 2. The van der Waals surface area contributed by atoms with Crippen LogP contribution >= 0.6 is 11.3 Å². The van der Waals surface area contributed by atoms with Crippen LogP contribution in [0.2, 0.25) is 0 Å². The van der Waals surface area contributed by atoms with Crippen LogP contribution in [0.3, 0.4) is 0 Å². The van der Waals surface area contributed by atoms with Crippen LogP contribution in [-0.4, -0.2) is 31.7 Å². The largest absolute Gasteiger partial charge is 0.304 e. The lowest BCUT2D eigenvalue weighted by Crippen LogP contribution is -2.36. The SMILES string of the molecule is Cc1c(N=c2scc(-c3ccccc3)n2N=C2C(=O)N(C(C)C)c3ccccc32)c(=O)n(-c2ccccc2)n1C. The Bertz CT molecular complexity index is 1890. The van der Waals surface area contributed by atoms with Crippen LogP contribution < -0.4 is 15.3 Å². The summed E-state index contributed by atoms with van der Waals surface area (Å²) >= 11 is 1.37. The summed E-state index contributed by atoms with van der Waals surface area (Å²) in [5.74, 6) is -0.165. The van der Waals surface area contributed by atoms with E-state index in [9.17, 15) is 9.59 Å². The predicted octanol–water partition coefficient (Wildman–Crippen LogP) is 5.25. The molecule has 3 heterocycles. The van der Waals surface area contributed by atoms with E-state index in [1.165, 1.54) is 11.3 Å². The summed E-state index contributed by atoms with van der Waals surface area (Å²) in [7, 11) is 1.84. The number of carbonyl (C=O) groups excluding carboxylic acids is 1. The van der Waals surface area contributed by atoms with Gasteiger partial charge in [0.25, 0.3) is 11.5 Å². The fraction of sp³-hybridized carbons (Fsp3) is 0.161. The van der Waals surface area contributed by atoms with Gasteiger partial charge in [-0.05, 0) is 39.0 Å². The van der Waals surface area contributed by atoms with Gasteiger partial charge in [0, 0.05) is 29.6 Å². The third kappa shape index (κ3) is 4.15. The number of rotatable bonds is 5. The fourth-order valence-corrected chi connectivity index (χ4v) is 5.83. The highest BCUT2D eigenvalue weighted by atomic mass is 32.1. The van der Waals surface area contributed by atoms with Crippen molar-refractivity contribution in [2.45, 2.75) is 26.8 Å². The predicted molar refractivity (Wildman–Crippen MR) is 160 cm³/mol. The molecular formula is C31H28N6O2S. The maximum atomic E-state index is 13.7. The summed E-state index contributed by atoms with van der Waals surface area (Å²) in [5.41, 5.74) is 5.22. The molecule has 0 saturated carbocycles. The third-order valence-electron chi connectivity index (χ3n) is 7.04. The first-order valence-corrected chi connectivity index (χ1v) is 13.9. The molecule has 40 heavy (non-hydrogen) atoms. The zero-order chi connectivity index (χ0) is 28.0. The van der Waals surface area contributed by atoms with Gasteiger partial charge in [0.05, 0.1) is 22.8 Å². The standard InChI is InChI=1S/C31H28N6O2S/c1-20(2)35-25-18-12-11-17-24(25)28(29(35)38)33-36-26(22-13-7-5-8-14-22)19-40-31(36)32-27-21(3)34(4)37(30(27)39)23-15-9-6-10-16-23/h5-20H,1-4H3. The molecule has 200 valence electrons. The lowest BCUT2D eigenvalue weighted by molar-refractivity contribution is -0.112. The van der Waals surface area contributed by atoms with Gasteiger partial charge in [0.2, 0.25) is 4.80 Å². The van der Waals surface area contributed by atoms with Crippen molar-refractivity contribution in [3.63, 3.8) is 0 Å². The van der Waals surface area contributed by atoms with E-state index < -0.39 is 0 Å². The molecule has 0 bridgehead atoms. The minimum atomic E-state index is -0.228. The zero-order valence-corrected chi connectivity index (χ0v) is 23.5. The van der Waals surface area contributed by atoms with Crippen molar-refractivity contribution in [3.05, 3.63) is 117 Å². The average molecular weight is 549 g/mol. The van der Waals surface area contributed by atoms with Crippen LogP contribution in [0.25, 0.3) is 16.9 Å². The summed E-state index contributed by atoms with van der Waals surface area (Å²) < 4.78 is 5.09. The second-order valence-corrected chi connectivity index (χ2v) is 10.7. The van der Waals surface area contributed by atoms with Gasteiger partial charge in [-0.1, -0.05) is 66.7 Å². The van der Waals surface area contributed by atoms with E-state index in [0.29, 0.717) is 16.2 Å². The number of hydrogen-bond donors (Lipinski definition) is 0. The third-order valence-corrected chi connectivity index (χ3v) is 7.86. The molecule has 1 aliphatic heterocycles. The van der Waals surface area contributed by atoms with Crippen molar-refractivity contribution in [1.82, 2.24) is 14.0 Å². The van der Waals surface area contributed by atoms with E-state index in [2.05, 4.69) is 0 Å². The van der Waals surface area contributed by atoms with Gasteiger partial charge >= 0.3 is 0 Å². The van der Waals surface area contributed by atoms with Crippen LogP contribution in [-0.2, 0) is 11.8 Å². The van der Waals surface area contributed by atoms with Gasteiger partial charge < -0.3 is 4.90 Å². The molecule has 0 saturated heterocycles. The molecule has 3 aromatic carbocycles. The molecule has 5 aromatic rings. The maximum Gasteiger partial charge on any atom is 0.297 e. The number of thiazole rings is 1. The normalized spacial score (nSPS) is 14.5. The smallest absolute Gasteiger partial charge is 0.297 e. The van der Waals surface area contributed by atoms with E-state index in [1.807, 2.05) is 118 Å². The summed E-state index contributed by atoms with van der Waals surface area (Å²) in [6, 6.07) is 27.0. The quantitative estimate of drug-likeness (QED) is 0.301. The summed E-state index contributed by atoms with van der Waals surface area (Å²) in [6.45, 7) is 5.85. The molecule has 0 atom stereocenters. The minimum absolute atomic E-state index is 0.0324. The Morgan fingerprint density at radius 1 is 0.850 bits per heavy atom. The first-order chi connectivity index (χ1) is 19.4. The highest BCUT2D eigenvalue weighted by molar-refractivity contribution is 7.07. The number of anilines is 1. The number of nitrogens with zero attached hydrogens (tertiary/aromatic N) is 6. The van der Waals surface area contributed by atoms with E-state index in [1.54, 1.807) is 18.9 Å². The summed E-state index contributed by atoms with van der Waals surface area (Å²) in [4.78, 5) is 34.4. The number of hydrogen-bond acceptors (Lipinski definition) is 5. The summed E-state index contributed by atoms with van der Waals surface area (Å²) in [5, 5.41) is 6.89. The second kappa shape index (κ2) is 10.1. The first-order valence-electron chi connectivity index (χ1n) is 13.0. The molecular weight excluding hydrogens is 520 g/mol. The van der Waals surface area contributed by atoms with E-state index in [-0.39, 0.29) is 17.5 Å². The van der Waals surface area contributed by atoms with Crippen LogP contribution in [0.4, 0.5) is 11.4 Å². The van der Waals surface area contributed by atoms with Crippen molar-refractivity contribution in [2.75, 3.05) is 4.90 Å². The average Bonchev–Trinajstić information content (AvgIpc) is 3.56. The van der Waals surface area contributed by atoms with Crippen molar-refractivity contribution in [2.24, 2.45) is 17.1 Å². The Balaban J connectivity index is 1.60. The van der Waals surface area contributed by atoms with Crippen molar-refractivity contribution >= 4 is 34.3 Å². The topological polar surface area (TPSA) is 76.9 Å². The second-order valence-electron chi connectivity index (χ2n) is 9.84. The Morgan fingerprint density at radius 3 is 2.20 bits per heavy atom. The Kier molecular flexibility index (Phi) is 6.43. The van der Waals surface area contributed by atoms with Gasteiger partial charge in [-0.3, -0.25) is 14.3 Å². The summed E-state index contributed by atoms with van der Waals surface area (Å²) in [6.07, 6.45) is 0. The number of fused-ring (bicyclic) bond motifs is 1. The van der Waals surface area contributed by atoms with Crippen molar-refractivity contribution < 1.29 is 4.79 Å². The highest BCUT2D eigenvalue weighted by Crippen LogP contribution is 2.31. The van der Waals surface area contributed by atoms with Crippen LogP contribution in [0.5, 0.6) is 0 Å². The minimum Gasteiger partial charge on any atom is -0.304 e. The molecule has 0 spiro atoms. The molecule has 0 aliphatic carbocycles. The Morgan fingerprint density at radius 2 is 1.50 bits per heavy atom. The van der Waals surface area contributed by atoms with Crippen LogP contribution in [0, 0.1) is 6.92 Å². The Hall–Kier alpha value is -4.76. The molecule has 0 unspecified atom stereocenters. The number of amides is 1. The van der Waals surface area contributed by atoms with E-state index >= 15 is 0 Å². The molecule has 0 radical (unpaired) electrons. The molecule has 6 rings (SSSR count). The van der Waals surface area contributed by atoms with Crippen molar-refractivity contribution in [3.8, 4) is 16.9 Å². The maximum absolute atomic E-state index is 13.7. The molecule has 0 N–H and O–H groups in total. The Labute approximate surface area is 235 Å². The number of carbonyl (C=O) groups is 1. The van der Waals surface area contributed by atoms with Crippen LogP contribution in [0.1, 0.15) is 25.1 Å². The lowest BCUT2D eigenvalue weighted by Gasteiger charge is -2.20. The van der Waals surface area contributed by atoms with Gasteiger partial charge in [-0.15, -0.1) is 11.3 Å². The van der Waals surface area contributed by atoms with E-state index in [0.717, 1.165) is 33.9 Å². The van der Waals surface area contributed by atoms with E-state index in [4.69, 9.17) is 10.1 Å². The monoisotopic (exact) mass is 548 g/mol. The molecule has 1 aliphatic rings. The van der Waals surface area contributed by atoms with Gasteiger partial charge in [0.1, 0.15) is 0 Å². The molecule has 8 nitrogen and oxygen atoms in total. The van der Waals surface area contributed by atoms with Gasteiger partial charge in [-0.2, -0.15) is 5.10 Å². The number of benzene rings is 3. The highest BCUT2D eigenvalue weighted by Gasteiger charge is 2.35. The first kappa shape index (κ1) is 25.5. The molecule has 0 fully saturated rings.